The number of ketones is 1. The third kappa shape index (κ3) is 3.71. The van der Waals surface area contributed by atoms with Crippen molar-refractivity contribution in [3.8, 4) is 0 Å². The first-order valence-corrected chi connectivity index (χ1v) is 9.33. The summed E-state index contributed by atoms with van der Waals surface area (Å²) in [6, 6.07) is 8.65. The molecule has 2 unspecified atom stereocenters. The quantitative estimate of drug-likeness (QED) is 0.779. The monoisotopic (exact) mass is 302 g/mol. The lowest BCUT2D eigenvalue weighted by Crippen LogP contribution is -2.33. The van der Waals surface area contributed by atoms with Crippen LogP contribution in [0.25, 0.3) is 0 Å². The largest absolute Gasteiger partial charge is 0.299 e. The van der Waals surface area contributed by atoms with Crippen molar-refractivity contribution in [2.45, 2.75) is 68.8 Å². The van der Waals surface area contributed by atoms with Crippen LogP contribution in [0.2, 0.25) is 0 Å². The van der Waals surface area contributed by atoms with Crippen LogP contribution in [0.4, 0.5) is 0 Å². The normalized spacial score (nSPS) is 28.6. The van der Waals surface area contributed by atoms with Gasteiger partial charge in [-0.15, -0.1) is 0 Å². The van der Waals surface area contributed by atoms with Crippen LogP contribution in [0.1, 0.15) is 63.0 Å². The highest BCUT2D eigenvalue weighted by atomic mass is 32.2. The minimum atomic E-state index is 0.325. The molecule has 21 heavy (non-hydrogen) atoms. The van der Waals surface area contributed by atoms with E-state index in [1.54, 1.807) is 0 Å². The van der Waals surface area contributed by atoms with E-state index < -0.39 is 0 Å². The molecule has 0 N–H and O–H groups in total. The van der Waals surface area contributed by atoms with Crippen LogP contribution < -0.4 is 0 Å². The highest BCUT2D eigenvalue weighted by Crippen LogP contribution is 2.44. The molecule has 0 aromatic heterocycles. The second-order valence-electron chi connectivity index (χ2n) is 7.02. The van der Waals surface area contributed by atoms with Crippen LogP contribution >= 0.6 is 11.8 Å². The fourth-order valence-electron chi connectivity index (χ4n) is 3.69. The summed E-state index contributed by atoms with van der Waals surface area (Å²) in [5.74, 6) is 1.36. The maximum atomic E-state index is 12.6. The molecule has 0 saturated carbocycles. The van der Waals surface area contributed by atoms with Gasteiger partial charge in [-0.1, -0.05) is 44.5 Å². The second-order valence-corrected chi connectivity index (χ2v) is 8.62. The van der Waals surface area contributed by atoms with Crippen molar-refractivity contribution in [3.05, 3.63) is 35.4 Å². The van der Waals surface area contributed by atoms with Crippen molar-refractivity contribution in [2.24, 2.45) is 5.92 Å². The van der Waals surface area contributed by atoms with Crippen LogP contribution in [-0.2, 0) is 11.2 Å². The van der Waals surface area contributed by atoms with Crippen molar-refractivity contribution in [1.82, 2.24) is 0 Å². The fraction of sp³-hybridized carbons (Fsp3) is 0.632. The number of hydrogen-bond donors (Lipinski definition) is 0. The molecule has 2 aliphatic heterocycles. The van der Waals surface area contributed by atoms with Gasteiger partial charge in [-0.25, -0.2) is 0 Å². The number of hydrogen-bond acceptors (Lipinski definition) is 2. The Morgan fingerprint density at radius 2 is 1.76 bits per heavy atom. The Bertz CT molecular complexity index is 479. The van der Waals surface area contributed by atoms with E-state index in [-0.39, 0.29) is 0 Å². The van der Waals surface area contributed by atoms with Crippen LogP contribution in [0.15, 0.2) is 24.3 Å². The Kier molecular flexibility index (Phi) is 4.73. The van der Waals surface area contributed by atoms with E-state index in [4.69, 9.17) is 0 Å². The van der Waals surface area contributed by atoms with Gasteiger partial charge in [0.15, 0.2) is 0 Å². The van der Waals surface area contributed by atoms with Crippen molar-refractivity contribution in [1.29, 1.82) is 0 Å². The lowest BCUT2D eigenvalue weighted by atomic mass is 9.84. The van der Waals surface area contributed by atoms with E-state index in [2.05, 4.69) is 49.9 Å². The Labute approximate surface area is 132 Å². The van der Waals surface area contributed by atoms with E-state index in [9.17, 15) is 4.79 Å². The molecular weight excluding hydrogens is 276 g/mol. The molecule has 2 heterocycles. The lowest BCUT2D eigenvalue weighted by Gasteiger charge is -2.38. The molecule has 2 fully saturated rings. The Balaban J connectivity index is 1.60. The molecule has 1 aromatic carbocycles. The highest BCUT2D eigenvalue weighted by Gasteiger charge is 2.35. The van der Waals surface area contributed by atoms with Gasteiger partial charge in [-0.05, 0) is 42.7 Å². The van der Waals surface area contributed by atoms with E-state index >= 15 is 0 Å². The third-order valence-corrected chi connectivity index (χ3v) is 6.64. The molecule has 1 nitrogen and oxygen atoms in total. The average Bonchev–Trinajstić information content (AvgIpc) is 2.47. The molecule has 114 valence electrons. The predicted octanol–water partition coefficient (Wildman–Crippen LogP) is 4.99. The molecule has 0 spiro atoms. The first-order valence-electron chi connectivity index (χ1n) is 8.39. The van der Waals surface area contributed by atoms with Gasteiger partial charge in [-0.3, -0.25) is 4.79 Å². The molecule has 3 rings (SSSR count). The molecule has 1 aromatic rings. The minimum absolute atomic E-state index is 0.325. The van der Waals surface area contributed by atoms with Gasteiger partial charge in [0.05, 0.1) is 0 Å². The van der Waals surface area contributed by atoms with Crippen molar-refractivity contribution in [2.75, 3.05) is 0 Å². The SMILES string of the molecule is CC(C)c1ccc(CC(=O)C2CC3CCCC(C2)S3)cc1. The fourth-order valence-corrected chi connectivity index (χ4v) is 5.52. The first kappa shape index (κ1) is 15.1. The van der Waals surface area contributed by atoms with Crippen molar-refractivity contribution >= 4 is 17.5 Å². The van der Waals surface area contributed by atoms with Crippen LogP contribution in [0.3, 0.4) is 0 Å². The summed E-state index contributed by atoms with van der Waals surface area (Å²) in [4.78, 5) is 12.6. The Morgan fingerprint density at radius 3 is 2.33 bits per heavy atom. The van der Waals surface area contributed by atoms with Gasteiger partial charge in [0.1, 0.15) is 5.78 Å². The molecule has 2 atom stereocenters. The van der Waals surface area contributed by atoms with Gasteiger partial charge in [0, 0.05) is 22.8 Å². The summed E-state index contributed by atoms with van der Waals surface area (Å²) >= 11 is 2.15. The van der Waals surface area contributed by atoms with E-state index in [0.29, 0.717) is 24.0 Å². The van der Waals surface area contributed by atoms with Crippen LogP contribution in [-0.4, -0.2) is 16.3 Å². The standard InChI is InChI=1S/C19H26OS/c1-13(2)15-8-6-14(7-9-15)10-19(20)16-11-17-4-3-5-18(12-16)21-17/h6-9,13,16-18H,3-5,10-12H2,1-2H3. The summed E-state index contributed by atoms with van der Waals surface area (Å²) in [7, 11) is 0. The van der Waals surface area contributed by atoms with E-state index in [1.165, 1.54) is 30.4 Å². The number of fused-ring (bicyclic) bond motifs is 2. The number of carbonyl (C=O) groups excluding carboxylic acids is 1. The van der Waals surface area contributed by atoms with Crippen molar-refractivity contribution < 1.29 is 4.79 Å². The zero-order valence-electron chi connectivity index (χ0n) is 13.2. The molecule has 2 saturated heterocycles. The number of benzene rings is 1. The minimum Gasteiger partial charge on any atom is -0.299 e. The lowest BCUT2D eigenvalue weighted by molar-refractivity contribution is -0.122. The number of carbonyl (C=O) groups is 1. The molecule has 0 amide bonds. The van der Waals surface area contributed by atoms with Crippen LogP contribution in [0, 0.1) is 5.92 Å². The summed E-state index contributed by atoms with van der Waals surface area (Å²) in [5.41, 5.74) is 2.54. The molecule has 2 bridgehead atoms. The van der Waals surface area contributed by atoms with E-state index in [1.807, 2.05) is 0 Å². The summed E-state index contributed by atoms with van der Waals surface area (Å²) in [5, 5.41) is 1.52. The molecule has 2 aliphatic rings. The maximum absolute atomic E-state index is 12.6. The van der Waals surface area contributed by atoms with Gasteiger partial charge in [-0.2, -0.15) is 11.8 Å². The van der Waals surface area contributed by atoms with Gasteiger partial charge in [0.2, 0.25) is 0 Å². The summed E-state index contributed by atoms with van der Waals surface area (Å²) in [6.07, 6.45) is 6.92. The summed E-state index contributed by atoms with van der Waals surface area (Å²) < 4.78 is 0. The smallest absolute Gasteiger partial charge is 0.140 e. The van der Waals surface area contributed by atoms with Gasteiger partial charge < -0.3 is 0 Å². The molecule has 0 radical (unpaired) electrons. The van der Waals surface area contributed by atoms with E-state index in [0.717, 1.165) is 23.3 Å². The van der Waals surface area contributed by atoms with Gasteiger partial charge >= 0.3 is 0 Å². The predicted molar refractivity (Wildman–Crippen MR) is 91.0 cm³/mol. The number of Topliss-reactive ketones (excluding diaryl/α,β-unsaturated/α-hetero) is 1. The van der Waals surface area contributed by atoms with Crippen molar-refractivity contribution in [3.63, 3.8) is 0 Å². The average molecular weight is 302 g/mol. The maximum Gasteiger partial charge on any atom is 0.140 e. The molecular formula is C19H26OS. The van der Waals surface area contributed by atoms with Gasteiger partial charge in [0.25, 0.3) is 0 Å². The van der Waals surface area contributed by atoms with Crippen LogP contribution in [0.5, 0.6) is 0 Å². The molecule has 0 aliphatic carbocycles. The second kappa shape index (κ2) is 6.56. The number of thioether (sulfide) groups is 1. The number of rotatable bonds is 4. The Hall–Kier alpha value is -0.760. The summed E-state index contributed by atoms with van der Waals surface area (Å²) in [6.45, 7) is 4.41. The highest BCUT2D eigenvalue weighted by molar-refractivity contribution is 8.00. The molecule has 2 heteroatoms. The first-order chi connectivity index (χ1) is 10.1. The zero-order valence-corrected chi connectivity index (χ0v) is 14.0. The third-order valence-electron chi connectivity index (χ3n) is 5.01. The zero-order chi connectivity index (χ0) is 14.8. The topological polar surface area (TPSA) is 17.1 Å². The Morgan fingerprint density at radius 1 is 1.14 bits per heavy atom.